The van der Waals surface area contributed by atoms with Crippen LogP contribution < -0.4 is 20.1 Å². The van der Waals surface area contributed by atoms with Crippen molar-refractivity contribution in [1.82, 2.24) is 10.3 Å². The third-order valence-corrected chi connectivity index (χ3v) is 5.46. The summed E-state index contributed by atoms with van der Waals surface area (Å²) in [5.74, 6) is 0.570. The number of fused-ring (bicyclic) bond motifs is 1. The van der Waals surface area contributed by atoms with Crippen LogP contribution in [0, 0.1) is 0 Å². The molecule has 3 aromatic carbocycles. The van der Waals surface area contributed by atoms with E-state index >= 15 is 0 Å². The molecule has 0 aliphatic rings. The van der Waals surface area contributed by atoms with Crippen LogP contribution in [0.1, 0.15) is 10.4 Å². The summed E-state index contributed by atoms with van der Waals surface area (Å²) in [6.07, 6.45) is 0. The molecule has 0 spiro atoms. The number of aromatic nitrogens is 1. The van der Waals surface area contributed by atoms with E-state index in [9.17, 15) is 4.79 Å². The summed E-state index contributed by atoms with van der Waals surface area (Å²) >= 11 is 17.7. The molecule has 7 nitrogen and oxygen atoms in total. The largest absolute Gasteiger partial charge is 0.496 e. The number of amides is 1. The SMILES string of the molecule is COc1cccc(OC)c1C(=O)NC(=S)Nc1ccc(Cl)c(-c2nc3cc(Cl)ccc3o2)c1. The first kappa shape index (κ1) is 22.8. The number of halogens is 2. The van der Waals surface area contributed by atoms with Gasteiger partial charge < -0.3 is 19.2 Å². The molecule has 33 heavy (non-hydrogen) atoms. The smallest absolute Gasteiger partial charge is 0.264 e. The van der Waals surface area contributed by atoms with Crippen LogP contribution in [0.4, 0.5) is 5.69 Å². The summed E-state index contributed by atoms with van der Waals surface area (Å²) in [7, 11) is 2.94. The van der Waals surface area contributed by atoms with E-state index in [1.807, 2.05) is 0 Å². The number of anilines is 1. The number of thiocarbonyl (C=S) groups is 1. The molecule has 2 N–H and O–H groups in total. The van der Waals surface area contributed by atoms with Crippen molar-refractivity contribution in [3.63, 3.8) is 0 Å². The van der Waals surface area contributed by atoms with Crippen LogP contribution in [-0.4, -0.2) is 30.2 Å². The minimum atomic E-state index is -0.480. The average Bonchev–Trinajstić information content (AvgIpc) is 3.22. The summed E-state index contributed by atoms with van der Waals surface area (Å²) in [6, 6.07) is 15.3. The van der Waals surface area contributed by atoms with E-state index < -0.39 is 5.91 Å². The zero-order chi connectivity index (χ0) is 23.5. The van der Waals surface area contributed by atoms with Crippen molar-refractivity contribution in [2.45, 2.75) is 0 Å². The third kappa shape index (κ3) is 4.88. The molecular formula is C23H17Cl2N3O4S. The lowest BCUT2D eigenvalue weighted by Crippen LogP contribution is -2.34. The zero-order valence-corrected chi connectivity index (χ0v) is 19.8. The Kier molecular flexibility index (Phi) is 6.69. The average molecular weight is 502 g/mol. The molecular weight excluding hydrogens is 485 g/mol. The molecule has 1 aromatic heterocycles. The van der Waals surface area contributed by atoms with Gasteiger partial charge >= 0.3 is 0 Å². The first-order chi connectivity index (χ1) is 15.9. The predicted molar refractivity (Wildman–Crippen MR) is 133 cm³/mol. The van der Waals surface area contributed by atoms with Crippen LogP contribution >= 0.6 is 35.4 Å². The molecule has 4 rings (SSSR count). The van der Waals surface area contributed by atoms with Gasteiger partial charge in [-0.05, 0) is 60.7 Å². The highest BCUT2D eigenvalue weighted by Gasteiger charge is 2.19. The Bertz CT molecular complexity index is 1350. The van der Waals surface area contributed by atoms with Gasteiger partial charge in [0.15, 0.2) is 10.7 Å². The summed E-state index contributed by atoms with van der Waals surface area (Å²) < 4.78 is 16.4. The van der Waals surface area contributed by atoms with Crippen molar-refractivity contribution in [3.05, 3.63) is 70.2 Å². The normalized spacial score (nSPS) is 10.7. The number of nitrogens with one attached hydrogen (secondary N) is 2. The molecule has 0 atom stereocenters. The lowest BCUT2D eigenvalue weighted by molar-refractivity contribution is 0.0971. The maximum atomic E-state index is 12.8. The third-order valence-electron chi connectivity index (χ3n) is 4.69. The maximum Gasteiger partial charge on any atom is 0.264 e. The van der Waals surface area contributed by atoms with Crippen molar-refractivity contribution in [2.24, 2.45) is 0 Å². The number of benzene rings is 3. The van der Waals surface area contributed by atoms with Crippen LogP contribution in [-0.2, 0) is 0 Å². The summed E-state index contributed by atoms with van der Waals surface area (Å²) in [5.41, 5.74) is 2.55. The highest BCUT2D eigenvalue weighted by atomic mass is 35.5. The van der Waals surface area contributed by atoms with Crippen LogP contribution in [0.25, 0.3) is 22.6 Å². The van der Waals surface area contributed by atoms with Crippen LogP contribution in [0.2, 0.25) is 10.0 Å². The van der Waals surface area contributed by atoms with Gasteiger partial charge in [0, 0.05) is 10.7 Å². The van der Waals surface area contributed by atoms with E-state index in [1.54, 1.807) is 54.6 Å². The van der Waals surface area contributed by atoms with Crippen LogP contribution in [0.5, 0.6) is 11.5 Å². The second-order valence-electron chi connectivity index (χ2n) is 6.77. The predicted octanol–water partition coefficient (Wildman–Crippen LogP) is 5.95. The van der Waals surface area contributed by atoms with E-state index in [1.165, 1.54) is 14.2 Å². The molecule has 0 aliphatic carbocycles. The number of oxazole rings is 1. The molecule has 1 amide bonds. The summed E-state index contributed by atoms with van der Waals surface area (Å²) in [5, 5.41) is 6.66. The van der Waals surface area contributed by atoms with Crippen molar-refractivity contribution >= 4 is 63.2 Å². The number of hydrogen-bond donors (Lipinski definition) is 2. The second-order valence-corrected chi connectivity index (χ2v) is 8.02. The fourth-order valence-electron chi connectivity index (χ4n) is 3.19. The maximum absolute atomic E-state index is 12.8. The van der Waals surface area contributed by atoms with Crippen molar-refractivity contribution in [1.29, 1.82) is 0 Å². The first-order valence-corrected chi connectivity index (χ1v) is 10.8. The highest BCUT2D eigenvalue weighted by molar-refractivity contribution is 7.80. The summed E-state index contributed by atoms with van der Waals surface area (Å²) in [6.45, 7) is 0. The van der Waals surface area contributed by atoms with Crippen LogP contribution in [0.3, 0.4) is 0 Å². The number of rotatable bonds is 5. The molecule has 4 aromatic rings. The van der Waals surface area contributed by atoms with Gasteiger partial charge in [-0.3, -0.25) is 10.1 Å². The fourth-order valence-corrected chi connectivity index (χ4v) is 3.76. The monoisotopic (exact) mass is 501 g/mol. The van der Waals surface area contributed by atoms with E-state index in [4.69, 9.17) is 49.3 Å². The van der Waals surface area contributed by atoms with Crippen molar-refractivity contribution in [2.75, 3.05) is 19.5 Å². The number of carbonyl (C=O) groups excluding carboxylic acids is 1. The fraction of sp³-hybridized carbons (Fsp3) is 0.0870. The van der Waals surface area contributed by atoms with Crippen molar-refractivity contribution in [3.8, 4) is 23.0 Å². The zero-order valence-electron chi connectivity index (χ0n) is 17.4. The standard InChI is InChI=1S/C23H17Cl2N3O4S/c1-30-18-4-3-5-19(31-2)20(18)21(29)28-23(33)26-13-7-8-15(25)14(11-13)22-27-16-10-12(24)6-9-17(16)32-22/h3-11H,1-2H3,(H2,26,28,29,33). The van der Waals surface area contributed by atoms with Gasteiger partial charge in [0.2, 0.25) is 5.89 Å². The summed E-state index contributed by atoms with van der Waals surface area (Å²) in [4.78, 5) is 17.3. The molecule has 1 heterocycles. The number of nitrogens with zero attached hydrogens (tertiary/aromatic N) is 1. The number of carbonyl (C=O) groups is 1. The van der Waals surface area contributed by atoms with Gasteiger partial charge in [0.25, 0.3) is 5.91 Å². The Morgan fingerprint density at radius 3 is 2.45 bits per heavy atom. The Balaban J connectivity index is 1.55. The molecule has 0 bridgehead atoms. The number of methoxy groups -OCH3 is 2. The van der Waals surface area contributed by atoms with Gasteiger partial charge in [-0.25, -0.2) is 4.98 Å². The lowest BCUT2D eigenvalue weighted by Gasteiger charge is -2.14. The molecule has 0 saturated heterocycles. The van der Waals surface area contributed by atoms with Gasteiger partial charge in [0.05, 0.1) is 24.8 Å². The van der Waals surface area contributed by atoms with E-state index in [0.29, 0.717) is 49.8 Å². The van der Waals surface area contributed by atoms with Crippen molar-refractivity contribution < 1.29 is 18.7 Å². The first-order valence-electron chi connectivity index (χ1n) is 9.59. The Hall–Kier alpha value is -3.33. The van der Waals surface area contributed by atoms with Crippen LogP contribution in [0.15, 0.2) is 59.0 Å². The topological polar surface area (TPSA) is 85.6 Å². The quantitative estimate of drug-likeness (QED) is 0.327. The Morgan fingerprint density at radius 2 is 1.76 bits per heavy atom. The van der Waals surface area contributed by atoms with Gasteiger partial charge in [-0.2, -0.15) is 0 Å². The highest BCUT2D eigenvalue weighted by Crippen LogP contribution is 2.33. The van der Waals surface area contributed by atoms with Gasteiger partial charge in [-0.15, -0.1) is 0 Å². The van der Waals surface area contributed by atoms with Gasteiger partial charge in [0.1, 0.15) is 22.6 Å². The molecule has 10 heteroatoms. The van der Waals surface area contributed by atoms with E-state index in [0.717, 1.165) is 0 Å². The molecule has 0 aliphatic heterocycles. The number of hydrogen-bond acceptors (Lipinski definition) is 6. The van der Waals surface area contributed by atoms with E-state index in [-0.39, 0.29) is 10.7 Å². The number of ether oxygens (including phenoxy) is 2. The lowest BCUT2D eigenvalue weighted by atomic mass is 10.1. The molecule has 0 saturated carbocycles. The molecule has 0 unspecified atom stereocenters. The Morgan fingerprint density at radius 1 is 1.03 bits per heavy atom. The van der Waals surface area contributed by atoms with Gasteiger partial charge in [-0.1, -0.05) is 29.3 Å². The molecule has 0 radical (unpaired) electrons. The Labute approximate surface area is 204 Å². The minimum absolute atomic E-state index is 0.0746. The minimum Gasteiger partial charge on any atom is -0.496 e. The van der Waals surface area contributed by atoms with E-state index in [2.05, 4.69) is 15.6 Å². The molecule has 168 valence electrons. The second kappa shape index (κ2) is 9.66. The molecule has 0 fully saturated rings.